The van der Waals surface area contributed by atoms with Crippen molar-refractivity contribution < 1.29 is 12.9 Å². The molecule has 0 aliphatic heterocycles. The molecule has 252 valence electrons. The van der Waals surface area contributed by atoms with Crippen LogP contribution in [0.3, 0.4) is 0 Å². The molecule has 0 spiro atoms. The zero-order valence-corrected chi connectivity index (χ0v) is 33.6. The Kier molecular flexibility index (Phi) is 7.65. The van der Waals surface area contributed by atoms with E-state index < -0.39 is 31.9 Å². The largest absolute Gasteiger partial charge is 0.453 e. The summed E-state index contributed by atoms with van der Waals surface area (Å²) in [5.41, 5.74) is 1.82. The minimum absolute atomic E-state index is 0.817. The van der Waals surface area contributed by atoms with E-state index in [1.54, 1.807) is 0 Å². The van der Waals surface area contributed by atoms with Gasteiger partial charge in [-0.15, -0.1) is 0 Å². The second-order valence-electron chi connectivity index (χ2n) is 15.5. The smallest absolute Gasteiger partial charge is 0.390 e. The van der Waals surface area contributed by atoms with Crippen molar-refractivity contribution in [2.24, 2.45) is 0 Å². The van der Waals surface area contributed by atoms with Crippen LogP contribution in [0.15, 0.2) is 142 Å². The fourth-order valence-corrected chi connectivity index (χ4v) is 14.6. The van der Waals surface area contributed by atoms with Crippen molar-refractivity contribution in [2.45, 2.75) is 39.3 Å². The van der Waals surface area contributed by atoms with Crippen LogP contribution in [0.4, 0.5) is 0 Å². The van der Waals surface area contributed by atoms with Gasteiger partial charge in [0.2, 0.25) is 0 Å². The van der Waals surface area contributed by atoms with Crippen LogP contribution >= 0.6 is 15.8 Å². The Balaban J connectivity index is 1.43. The summed E-state index contributed by atoms with van der Waals surface area (Å²) < 4.78 is 21.7. The molecule has 0 N–H and O–H groups in total. The Bertz CT molecular complexity index is 2710. The molecule has 7 heteroatoms. The highest BCUT2D eigenvalue weighted by Gasteiger charge is 2.29. The maximum Gasteiger partial charge on any atom is 0.453 e. The molecule has 0 bridgehead atoms. The first kappa shape index (κ1) is 32.4. The minimum Gasteiger partial charge on any atom is -0.390 e. The Morgan fingerprint density at radius 2 is 0.882 bits per heavy atom. The van der Waals surface area contributed by atoms with Gasteiger partial charge < -0.3 is 12.9 Å². The highest BCUT2D eigenvalue weighted by molar-refractivity contribution is 7.68. The summed E-state index contributed by atoms with van der Waals surface area (Å²) in [7, 11) is -6.61. The monoisotopic (exact) mass is 734 g/mol. The van der Waals surface area contributed by atoms with Crippen LogP contribution in [0.1, 0.15) is 0 Å². The summed E-state index contributed by atoms with van der Waals surface area (Å²) in [5, 5.41) is 16.1. The first-order chi connectivity index (χ1) is 24.6. The first-order valence-electron chi connectivity index (χ1n) is 17.6. The Hall–Kier alpha value is -4.51. The molecule has 2 aromatic heterocycles. The molecule has 0 unspecified atom stereocenters. The van der Waals surface area contributed by atoms with E-state index in [9.17, 15) is 0 Å². The molecule has 9 rings (SSSR count). The molecule has 0 saturated carbocycles. The van der Waals surface area contributed by atoms with Crippen LogP contribution in [-0.2, 0) is 0 Å². The van der Waals surface area contributed by atoms with Crippen molar-refractivity contribution in [2.75, 3.05) is 0 Å². The van der Waals surface area contributed by atoms with Crippen LogP contribution in [0.5, 0.6) is 5.75 Å². The van der Waals surface area contributed by atoms with Crippen molar-refractivity contribution in [3.63, 3.8) is 0 Å². The Morgan fingerprint density at radius 3 is 1.37 bits per heavy atom. The SMILES string of the molecule is C[Si](C)(C)c1cc2ccccc2c2c1op(Oc1ccccc1-p1c3ccccc3c3ccccc31)oc1c([Si](C)(C)C)cc3ccccc3c12. The Labute approximate surface area is 302 Å². The standard InChI is InChI=1S/C44H40O3P2Si2/c1-50(2,3)39-27-29-17-7-9-19-31(29)41-42-32-20-10-8-18-30(32)28-40(51(4,5)6)44(42)47-49(46-43(39)41)45-35-23-13-16-26-38(35)48-36-24-14-11-21-33(36)34-22-12-15-25-37(34)48/h7-28H,1-6H3. The van der Waals surface area contributed by atoms with E-state index in [1.807, 2.05) is 0 Å². The van der Waals surface area contributed by atoms with Gasteiger partial charge in [0, 0.05) is 26.3 Å². The maximum absolute atomic E-state index is 7.26. The summed E-state index contributed by atoms with van der Waals surface area (Å²) in [6, 6.07) is 48.5. The highest BCUT2D eigenvalue weighted by atomic mass is 31.1. The number of para-hydroxylation sites is 1. The van der Waals surface area contributed by atoms with Gasteiger partial charge >= 0.3 is 8.24 Å². The highest BCUT2D eigenvalue weighted by Crippen LogP contribution is 2.58. The van der Waals surface area contributed by atoms with Crippen molar-refractivity contribution in [1.29, 1.82) is 0 Å². The van der Waals surface area contributed by atoms with Gasteiger partial charge in [-0.3, -0.25) is 0 Å². The topological polar surface area (TPSA) is 35.5 Å². The summed E-state index contributed by atoms with van der Waals surface area (Å²) in [5.74, 6) is 0.817. The lowest BCUT2D eigenvalue weighted by molar-refractivity contribution is 0.501. The second-order valence-corrected chi connectivity index (χ2v) is 28.7. The van der Waals surface area contributed by atoms with E-state index >= 15 is 0 Å². The van der Waals surface area contributed by atoms with Gasteiger partial charge in [0.25, 0.3) is 0 Å². The third kappa shape index (κ3) is 5.38. The molecule has 0 saturated heterocycles. The zero-order chi connectivity index (χ0) is 35.1. The van der Waals surface area contributed by atoms with Gasteiger partial charge in [-0.1, -0.05) is 168 Å². The van der Waals surface area contributed by atoms with Crippen LogP contribution in [0, 0.1) is 0 Å². The molecule has 3 nitrogen and oxygen atoms in total. The first-order valence-corrected chi connectivity index (χ1v) is 27.1. The number of benzene rings is 7. The fourth-order valence-electron chi connectivity index (χ4n) is 7.64. The van der Waals surface area contributed by atoms with Gasteiger partial charge in [-0.2, -0.15) is 0 Å². The van der Waals surface area contributed by atoms with E-state index in [2.05, 4.69) is 173 Å². The molecule has 51 heavy (non-hydrogen) atoms. The number of fused-ring (bicyclic) bond motifs is 10. The predicted octanol–water partition coefficient (Wildman–Crippen LogP) is 13.8. The summed E-state index contributed by atoms with van der Waals surface area (Å²) in [6.07, 6.45) is 0. The van der Waals surface area contributed by atoms with Gasteiger partial charge in [-0.05, 0) is 54.8 Å². The van der Waals surface area contributed by atoms with E-state index in [0.717, 1.165) is 27.7 Å². The molecule has 2 heterocycles. The quantitative estimate of drug-likeness (QED) is 0.165. The number of hydrogen-bond donors (Lipinski definition) is 0. The lowest BCUT2D eigenvalue weighted by Crippen LogP contribution is -2.38. The third-order valence-corrected chi connectivity index (χ3v) is 17.6. The lowest BCUT2D eigenvalue weighted by atomic mass is 9.98. The van der Waals surface area contributed by atoms with Gasteiger partial charge in [0.15, 0.2) is 0 Å². The van der Waals surface area contributed by atoms with Crippen LogP contribution in [0.2, 0.25) is 39.3 Å². The maximum atomic E-state index is 7.26. The van der Waals surface area contributed by atoms with Crippen LogP contribution in [0.25, 0.3) is 69.8 Å². The molecule has 9 aromatic rings. The normalized spacial score (nSPS) is 12.5. The summed E-state index contributed by atoms with van der Waals surface area (Å²) in [4.78, 5) is 0. The van der Waals surface area contributed by atoms with Gasteiger partial charge in [0.1, 0.15) is 16.9 Å². The number of rotatable bonds is 5. The summed E-state index contributed by atoms with van der Waals surface area (Å²) in [6.45, 7) is 14.4. The van der Waals surface area contributed by atoms with Gasteiger partial charge in [0.05, 0.1) is 16.1 Å². The van der Waals surface area contributed by atoms with Crippen molar-refractivity contribution in [3.05, 3.63) is 133 Å². The van der Waals surface area contributed by atoms with Crippen LogP contribution in [-0.4, -0.2) is 16.1 Å². The molecule has 0 amide bonds. The molecular formula is C44H40O3P2Si2. The van der Waals surface area contributed by atoms with Gasteiger partial charge in [-0.25, -0.2) is 0 Å². The minimum atomic E-state index is -1.94. The molecule has 0 radical (unpaired) electrons. The molecular weight excluding hydrogens is 695 g/mol. The summed E-state index contributed by atoms with van der Waals surface area (Å²) >= 11 is 0. The zero-order valence-electron chi connectivity index (χ0n) is 29.8. The number of hydrogen-bond acceptors (Lipinski definition) is 3. The fraction of sp³-hybridized carbons (Fsp3) is 0.136. The van der Waals surface area contributed by atoms with Crippen molar-refractivity contribution in [1.82, 2.24) is 0 Å². The third-order valence-electron chi connectivity index (χ3n) is 10.1. The molecule has 0 atom stereocenters. The predicted molar refractivity (Wildman–Crippen MR) is 229 cm³/mol. The van der Waals surface area contributed by atoms with E-state index in [0.29, 0.717) is 0 Å². The molecule has 7 aromatic carbocycles. The lowest BCUT2D eigenvalue weighted by Gasteiger charge is -2.20. The average molecular weight is 735 g/mol. The second kappa shape index (κ2) is 12.0. The van der Waals surface area contributed by atoms with Crippen LogP contribution < -0.4 is 14.9 Å². The van der Waals surface area contributed by atoms with Crippen molar-refractivity contribution >= 4 is 107 Å². The van der Waals surface area contributed by atoms with E-state index in [1.165, 1.54) is 58.2 Å². The van der Waals surface area contributed by atoms with Crippen molar-refractivity contribution in [3.8, 4) is 11.1 Å². The molecule has 0 aliphatic carbocycles. The Morgan fingerprint density at radius 1 is 0.471 bits per heavy atom. The molecule has 0 fully saturated rings. The van der Waals surface area contributed by atoms with E-state index in [-0.39, 0.29) is 0 Å². The van der Waals surface area contributed by atoms with E-state index in [4.69, 9.17) is 12.9 Å². The average Bonchev–Trinajstić information content (AvgIpc) is 3.34. The molecule has 0 aliphatic rings.